The van der Waals surface area contributed by atoms with E-state index < -0.39 is 11.8 Å². The summed E-state index contributed by atoms with van der Waals surface area (Å²) in [6.07, 6.45) is 2.19. The van der Waals surface area contributed by atoms with Crippen molar-refractivity contribution in [2.24, 2.45) is 0 Å². The van der Waals surface area contributed by atoms with E-state index in [1.165, 1.54) is 23.9 Å². The normalized spacial score (nSPS) is 11.6. The third-order valence-electron chi connectivity index (χ3n) is 4.19. The van der Waals surface area contributed by atoms with Crippen molar-refractivity contribution in [3.8, 4) is 0 Å². The fourth-order valence-electron chi connectivity index (χ4n) is 3.09. The molecule has 3 N–H and O–H groups in total. The fraction of sp³-hybridized carbons (Fsp3) is 0.167. The van der Waals surface area contributed by atoms with E-state index in [2.05, 4.69) is 15.0 Å². The van der Waals surface area contributed by atoms with Gasteiger partial charge in [-0.15, -0.1) is 0 Å². The predicted octanol–water partition coefficient (Wildman–Crippen LogP) is 3.65. The molecule has 0 bridgehead atoms. The predicted molar refractivity (Wildman–Crippen MR) is 99.3 cm³/mol. The van der Waals surface area contributed by atoms with Gasteiger partial charge in [0.15, 0.2) is 5.16 Å². The second-order valence-electron chi connectivity index (χ2n) is 5.90. The molecule has 4 rings (SSSR count). The molecule has 2 aromatic heterocycles. The Morgan fingerprint density at radius 1 is 1.23 bits per heavy atom. The summed E-state index contributed by atoms with van der Waals surface area (Å²) >= 11 is 1.42. The molecule has 26 heavy (non-hydrogen) atoms. The minimum atomic E-state index is -0.826. The Bertz CT molecular complexity index is 1220. The number of hydrogen-bond donors (Lipinski definition) is 3. The van der Waals surface area contributed by atoms with E-state index in [9.17, 15) is 14.0 Å². The lowest BCUT2D eigenvalue weighted by atomic mass is 10.0. The van der Waals surface area contributed by atoms with E-state index >= 15 is 0 Å². The van der Waals surface area contributed by atoms with E-state index in [0.29, 0.717) is 49.9 Å². The minimum Gasteiger partial charge on any atom is -0.481 e. The maximum absolute atomic E-state index is 13.8. The van der Waals surface area contributed by atoms with E-state index in [1.807, 2.05) is 0 Å². The summed E-state index contributed by atoms with van der Waals surface area (Å²) < 4.78 is 13.8. The molecular weight excluding hydrogens is 357 g/mol. The number of hydrogen-bond acceptors (Lipinski definition) is 4. The fourth-order valence-corrected chi connectivity index (χ4v) is 3.90. The first-order chi connectivity index (χ1) is 12.5. The number of aromatic nitrogens is 3. The second kappa shape index (κ2) is 6.45. The number of carbonyl (C=O) groups is 1. The molecule has 0 aliphatic heterocycles. The molecule has 0 saturated heterocycles. The van der Waals surface area contributed by atoms with Gasteiger partial charge in [0.05, 0.1) is 16.4 Å². The molecule has 2 heterocycles. The van der Waals surface area contributed by atoms with Crippen LogP contribution < -0.4 is 5.56 Å². The van der Waals surface area contributed by atoms with Crippen molar-refractivity contribution in [1.82, 2.24) is 15.0 Å². The van der Waals surface area contributed by atoms with Crippen LogP contribution in [-0.4, -0.2) is 31.8 Å². The van der Waals surface area contributed by atoms with E-state index in [-0.39, 0.29) is 12.0 Å². The molecule has 132 valence electrons. The largest absolute Gasteiger partial charge is 0.481 e. The lowest BCUT2D eigenvalue weighted by Crippen LogP contribution is -2.05. The zero-order valence-electron chi connectivity index (χ0n) is 13.5. The number of nitrogens with one attached hydrogen (secondary N) is 2. The summed E-state index contributed by atoms with van der Waals surface area (Å²) in [6, 6.07) is 6.08. The van der Waals surface area contributed by atoms with Gasteiger partial charge < -0.3 is 15.1 Å². The topological polar surface area (TPSA) is 98.8 Å². The standard InChI is InChI=1S/C18H14FN3O3S/c19-9-3-4-10-12(8-9)14-11(5-6-20-17(14)25)16-15(10)21-18(22-16)26-7-1-2-13(23)24/h3-6,8H,1-2,7H2,(H,20,25)(H,21,22)(H,23,24). The molecule has 0 radical (unpaired) electrons. The lowest BCUT2D eigenvalue weighted by molar-refractivity contribution is -0.137. The summed E-state index contributed by atoms with van der Waals surface area (Å²) in [6.45, 7) is 0. The van der Waals surface area contributed by atoms with Crippen molar-refractivity contribution in [3.63, 3.8) is 0 Å². The van der Waals surface area contributed by atoms with Crippen LogP contribution >= 0.6 is 11.8 Å². The summed E-state index contributed by atoms with van der Waals surface area (Å²) in [7, 11) is 0. The van der Waals surface area contributed by atoms with E-state index in [0.717, 1.165) is 0 Å². The first-order valence-corrected chi connectivity index (χ1v) is 9.00. The van der Waals surface area contributed by atoms with Gasteiger partial charge in [-0.05, 0) is 30.7 Å². The number of benzene rings is 2. The van der Waals surface area contributed by atoms with Gasteiger partial charge in [-0.2, -0.15) is 0 Å². The van der Waals surface area contributed by atoms with Gasteiger partial charge in [0, 0.05) is 34.5 Å². The number of rotatable bonds is 5. The summed E-state index contributed by atoms with van der Waals surface area (Å²) in [5, 5.41) is 11.7. The van der Waals surface area contributed by atoms with Crippen molar-refractivity contribution in [2.45, 2.75) is 18.0 Å². The number of carboxylic acid groups (broad SMARTS) is 1. The van der Waals surface area contributed by atoms with Crippen LogP contribution in [0.3, 0.4) is 0 Å². The summed E-state index contributed by atoms with van der Waals surface area (Å²) in [4.78, 5) is 33.4. The number of H-pyrrole nitrogens is 2. The lowest BCUT2D eigenvalue weighted by Gasteiger charge is -2.05. The monoisotopic (exact) mass is 371 g/mol. The third-order valence-corrected chi connectivity index (χ3v) is 5.15. The van der Waals surface area contributed by atoms with Crippen LogP contribution in [0.5, 0.6) is 0 Å². The average Bonchev–Trinajstić information content (AvgIpc) is 3.03. The van der Waals surface area contributed by atoms with Crippen molar-refractivity contribution in [3.05, 3.63) is 46.6 Å². The minimum absolute atomic E-state index is 0.105. The maximum atomic E-state index is 13.8. The van der Waals surface area contributed by atoms with Crippen LogP contribution in [0, 0.1) is 5.82 Å². The molecular formula is C18H14FN3O3S. The molecule has 0 spiro atoms. The highest BCUT2D eigenvalue weighted by molar-refractivity contribution is 7.99. The molecule has 0 aliphatic rings. The molecule has 0 atom stereocenters. The third kappa shape index (κ3) is 2.82. The summed E-state index contributed by atoms with van der Waals surface area (Å²) in [5.41, 5.74) is 1.09. The smallest absolute Gasteiger partial charge is 0.303 e. The number of aromatic amines is 2. The van der Waals surface area contributed by atoms with Gasteiger partial charge in [-0.25, -0.2) is 9.37 Å². The van der Waals surface area contributed by atoms with Crippen LogP contribution in [0.1, 0.15) is 12.8 Å². The first kappa shape index (κ1) is 16.6. The van der Waals surface area contributed by atoms with Gasteiger partial charge >= 0.3 is 5.97 Å². The second-order valence-corrected chi connectivity index (χ2v) is 6.98. The Kier molecular flexibility index (Phi) is 4.12. The van der Waals surface area contributed by atoms with Crippen LogP contribution in [-0.2, 0) is 4.79 Å². The molecule has 0 aliphatic carbocycles. The number of halogens is 1. The number of aliphatic carboxylic acids is 1. The molecule has 8 heteroatoms. The molecule has 0 unspecified atom stereocenters. The van der Waals surface area contributed by atoms with Crippen LogP contribution in [0.25, 0.3) is 32.6 Å². The number of carboxylic acids is 1. The van der Waals surface area contributed by atoms with Gasteiger partial charge in [0.1, 0.15) is 5.82 Å². The van der Waals surface area contributed by atoms with Gasteiger partial charge in [-0.3, -0.25) is 9.59 Å². The number of imidazole rings is 1. The molecule has 0 saturated carbocycles. The van der Waals surface area contributed by atoms with Crippen molar-refractivity contribution < 1.29 is 14.3 Å². The van der Waals surface area contributed by atoms with Crippen molar-refractivity contribution >= 4 is 50.3 Å². The highest BCUT2D eigenvalue weighted by Crippen LogP contribution is 2.33. The summed E-state index contributed by atoms with van der Waals surface area (Å²) in [5.74, 6) is -0.634. The molecule has 0 fully saturated rings. The van der Waals surface area contributed by atoms with E-state index in [1.54, 1.807) is 18.3 Å². The van der Waals surface area contributed by atoms with Crippen molar-refractivity contribution in [1.29, 1.82) is 0 Å². The average molecular weight is 371 g/mol. The SMILES string of the molecule is O=C(O)CCCSc1nc2c3ccc(F)cc3c3c(=O)[nH]ccc3c2[nH]1. The Hall–Kier alpha value is -2.87. The highest BCUT2D eigenvalue weighted by Gasteiger charge is 2.15. The Labute approximate surface area is 150 Å². The number of fused-ring (bicyclic) bond motifs is 6. The molecule has 0 amide bonds. The Morgan fingerprint density at radius 2 is 2.08 bits per heavy atom. The van der Waals surface area contributed by atoms with Crippen LogP contribution in [0.15, 0.2) is 40.4 Å². The molecule has 2 aromatic carbocycles. The zero-order valence-corrected chi connectivity index (χ0v) is 14.3. The van der Waals surface area contributed by atoms with Crippen molar-refractivity contribution in [2.75, 3.05) is 5.75 Å². The van der Waals surface area contributed by atoms with E-state index in [4.69, 9.17) is 5.11 Å². The Balaban J connectivity index is 1.90. The van der Waals surface area contributed by atoms with Crippen LogP contribution in [0.4, 0.5) is 4.39 Å². The Morgan fingerprint density at radius 3 is 2.88 bits per heavy atom. The maximum Gasteiger partial charge on any atom is 0.303 e. The first-order valence-electron chi connectivity index (χ1n) is 8.01. The van der Waals surface area contributed by atoms with Crippen LogP contribution in [0.2, 0.25) is 0 Å². The number of thioether (sulfide) groups is 1. The van der Waals surface area contributed by atoms with Gasteiger partial charge in [0.25, 0.3) is 5.56 Å². The highest BCUT2D eigenvalue weighted by atomic mass is 32.2. The quantitative estimate of drug-likeness (QED) is 0.282. The van der Waals surface area contributed by atoms with Gasteiger partial charge in [0.2, 0.25) is 0 Å². The zero-order chi connectivity index (χ0) is 18.3. The molecule has 4 aromatic rings. The van der Waals surface area contributed by atoms with Gasteiger partial charge in [-0.1, -0.05) is 11.8 Å². The number of nitrogens with zero attached hydrogens (tertiary/aromatic N) is 1. The number of pyridine rings is 1. The molecule has 6 nitrogen and oxygen atoms in total.